The molecule has 0 radical (unpaired) electrons. The van der Waals surface area contributed by atoms with Crippen molar-refractivity contribution in [1.29, 1.82) is 0 Å². The van der Waals surface area contributed by atoms with E-state index in [-0.39, 0.29) is 0 Å². The molecular formula is C17H26N4O2. The molecule has 6 heteroatoms. The summed E-state index contributed by atoms with van der Waals surface area (Å²) in [4.78, 5) is 5.00. The molecule has 3 heterocycles. The highest BCUT2D eigenvalue weighted by atomic mass is 16.5. The lowest BCUT2D eigenvalue weighted by Gasteiger charge is -2.21. The fourth-order valence-corrected chi connectivity index (χ4v) is 3.24. The zero-order valence-corrected chi connectivity index (χ0v) is 14.6. The summed E-state index contributed by atoms with van der Waals surface area (Å²) in [5, 5.41) is 8.12. The summed E-state index contributed by atoms with van der Waals surface area (Å²) >= 11 is 0. The third-order valence-electron chi connectivity index (χ3n) is 4.81. The van der Waals surface area contributed by atoms with Gasteiger partial charge in [-0.3, -0.25) is 9.80 Å². The Morgan fingerprint density at radius 3 is 1.52 bits per heavy atom. The molecule has 3 rings (SSSR count). The van der Waals surface area contributed by atoms with Crippen LogP contribution in [0.25, 0.3) is 0 Å². The van der Waals surface area contributed by atoms with E-state index in [0.717, 1.165) is 62.2 Å². The number of aromatic nitrogens is 2. The first-order valence-electron chi connectivity index (χ1n) is 8.33. The molecule has 0 aromatic carbocycles. The van der Waals surface area contributed by atoms with Gasteiger partial charge < -0.3 is 9.05 Å². The lowest BCUT2D eigenvalue weighted by atomic mass is 10.2. The van der Waals surface area contributed by atoms with E-state index in [0.29, 0.717) is 0 Å². The second-order valence-electron chi connectivity index (χ2n) is 6.51. The van der Waals surface area contributed by atoms with Crippen LogP contribution in [0.3, 0.4) is 0 Å². The van der Waals surface area contributed by atoms with Crippen LogP contribution in [-0.4, -0.2) is 46.3 Å². The molecule has 2 aromatic heterocycles. The molecule has 0 aliphatic carbocycles. The Balaban J connectivity index is 1.59. The van der Waals surface area contributed by atoms with Crippen molar-refractivity contribution in [3.05, 3.63) is 34.0 Å². The third-order valence-corrected chi connectivity index (χ3v) is 4.81. The summed E-state index contributed by atoms with van der Waals surface area (Å²) in [5.41, 5.74) is 4.51. The maximum Gasteiger partial charge on any atom is 0.138 e. The number of aryl methyl sites for hydroxylation is 4. The average Bonchev–Trinajstić information content (AvgIpc) is 2.91. The standard InChI is InChI=1S/C17H26N4O2/c1-12-16(14(3)22-18-12)10-20-6-5-7-21(9-8-20)11-17-13(2)19-23-15(17)4/h5-11H2,1-4H3. The molecular weight excluding hydrogens is 292 g/mol. The van der Waals surface area contributed by atoms with E-state index in [1.165, 1.54) is 17.5 Å². The van der Waals surface area contributed by atoms with Crippen LogP contribution in [0.5, 0.6) is 0 Å². The lowest BCUT2D eigenvalue weighted by Crippen LogP contribution is -2.30. The van der Waals surface area contributed by atoms with Crippen LogP contribution in [0.15, 0.2) is 9.05 Å². The van der Waals surface area contributed by atoms with E-state index < -0.39 is 0 Å². The first-order valence-corrected chi connectivity index (χ1v) is 8.33. The summed E-state index contributed by atoms with van der Waals surface area (Å²) in [6.45, 7) is 14.3. The van der Waals surface area contributed by atoms with E-state index in [4.69, 9.17) is 9.05 Å². The van der Waals surface area contributed by atoms with Gasteiger partial charge in [0.1, 0.15) is 11.5 Å². The van der Waals surface area contributed by atoms with Crippen LogP contribution in [0.2, 0.25) is 0 Å². The summed E-state index contributed by atoms with van der Waals surface area (Å²) in [6, 6.07) is 0. The first-order chi connectivity index (χ1) is 11.0. The molecule has 0 N–H and O–H groups in total. The quantitative estimate of drug-likeness (QED) is 0.863. The Labute approximate surface area is 137 Å². The highest BCUT2D eigenvalue weighted by Gasteiger charge is 2.20. The molecule has 0 atom stereocenters. The highest BCUT2D eigenvalue weighted by Crippen LogP contribution is 2.19. The minimum absolute atomic E-state index is 0.931. The minimum Gasteiger partial charge on any atom is -0.361 e. The molecule has 1 saturated heterocycles. The smallest absolute Gasteiger partial charge is 0.138 e. The molecule has 0 saturated carbocycles. The van der Waals surface area contributed by atoms with Gasteiger partial charge in [-0.1, -0.05) is 10.3 Å². The maximum atomic E-state index is 5.28. The van der Waals surface area contributed by atoms with E-state index in [9.17, 15) is 0 Å². The van der Waals surface area contributed by atoms with Crippen LogP contribution in [0, 0.1) is 27.7 Å². The van der Waals surface area contributed by atoms with Crippen LogP contribution in [-0.2, 0) is 13.1 Å². The zero-order valence-electron chi connectivity index (χ0n) is 14.6. The summed E-state index contributed by atoms with van der Waals surface area (Å²) in [7, 11) is 0. The van der Waals surface area contributed by atoms with Gasteiger partial charge in [-0.25, -0.2) is 0 Å². The molecule has 1 aliphatic rings. The van der Waals surface area contributed by atoms with Gasteiger partial charge in [-0.15, -0.1) is 0 Å². The zero-order chi connectivity index (χ0) is 16.4. The number of hydrogen-bond donors (Lipinski definition) is 0. The van der Waals surface area contributed by atoms with Crippen molar-refractivity contribution in [2.45, 2.75) is 47.2 Å². The topological polar surface area (TPSA) is 58.5 Å². The van der Waals surface area contributed by atoms with Crippen LogP contribution < -0.4 is 0 Å². The number of rotatable bonds is 4. The van der Waals surface area contributed by atoms with Crippen LogP contribution in [0.4, 0.5) is 0 Å². The molecule has 1 aliphatic heterocycles. The summed E-state index contributed by atoms with van der Waals surface area (Å²) in [5.74, 6) is 1.89. The van der Waals surface area contributed by atoms with Gasteiger partial charge in [0, 0.05) is 37.3 Å². The molecule has 2 aromatic rings. The van der Waals surface area contributed by atoms with E-state index in [2.05, 4.69) is 20.1 Å². The lowest BCUT2D eigenvalue weighted by molar-refractivity contribution is 0.245. The molecule has 0 spiro atoms. The van der Waals surface area contributed by atoms with Gasteiger partial charge in [0.2, 0.25) is 0 Å². The molecule has 0 unspecified atom stereocenters. The predicted molar refractivity (Wildman–Crippen MR) is 87.1 cm³/mol. The number of hydrogen-bond acceptors (Lipinski definition) is 6. The average molecular weight is 318 g/mol. The molecule has 1 fully saturated rings. The molecule has 6 nitrogen and oxygen atoms in total. The Bertz CT molecular complexity index is 566. The summed E-state index contributed by atoms with van der Waals surface area (Å²) < 4.78 is 10.6. The van der Waals surface area contributed by atoms with Crippen LogP contribution in [0.1, 0.15) is 40.5 Å². The normalized spacial score (nSPS) is 17.6. The Hall–Kier alpha value is -1.66. The maximum absolute atomic E-state index is 5.28. The fraction of sp³-hybridized carbons (Fsp3) is 0.647. The second kappa shape index (κ2) is 6.84. The van der Waals surface area contributed by atoms with Gasteiger partial charge in [-0.2, -0.15) is 0 Å². The fourth-order valence-electron chi connectivity index (χ4n) is 3.24. The van der Waals surface area contributed by atoms with E-state index >= 15 is 0 Å². The molecule has 126 valence electrons. The van der Waals surface area contributed by atoms with E-state index in [1.54, 1.807) is 0 Å². The van der Waals surface area contributed by atoms with Crippen molar-refractivity contribution in [3.8, 4) is 0 Å². The van der Waals surface area contributed by atoms with Crippen LogP contribution >= 0.6 is 0 Å². The monoisotopic (exact) mass is 318 g/mol. The molecule has 0 bridgehead atoms. The second-order valence-corrected chi connectivity index (χ2v) is 6.51. The highest BCUT2D eigenvalue weighted by molar-refractivity contribution is 5.21. The van der Waals surface area contributed by atoms with Crippen molar-refractivity contribution >= 4 is 0 Å². The molecule has 0 amide bonds. The largest absolute Gasteiger partial charge is 0.361 e. The minimum atomic E-state index is 0.931. The van der Waals surface area contributed by atoms with Gasteiger partial charge in [0.05, 0.1) is 11.4 Å². The first kappa shape index (κ1) is 16.2. The van der Waals surface area contributed by atoms with Gasteiger partial charge in [-0.05, 0) is 47.2 Å². The predicted octanol–water partition coefficient (Wildman–Crippen LogP) is 2.60. The molecule has 23 heavy (non-hydrogen) atoms. The van der Waals surface area contributed by atoms with Crippen molar-refractivity contribution in [3.63, 3.8) is 0 Å². The third kappa shape index (κ3) is 3.64. The Morgan fingerprint density at radius 2 is 1.17 bits per heavy atom. The van der Waals surface area contributed by atoms with Gasteiger partial charge >= 0.3 is 0 Å². The summed E-state index contributed by atoms with van der Waals surface area (Å²) in [6.07, 6.45) is 1.17. The van der Waals surface area contributed by atoms with Crippen molar-refractivity contribution in [2.75, 3.05) is 26.2 Å². The van der Waals surface area contributed by atoms with Crippen molar-refractivity contribution in [1.82, 2.24) is 20.1 Å². The van der Waals surface area contributed by atoms with Crippen molar-refractivity contribution in [2.24, 2.45) is 0 Å². The Morgan fingerprint density at radius 1 is 0.739 bits per heavy atom. The number of nitrogens with zero attached hydrogens (tertiary/aromatic N) is 4. The SMILES string of the molecule is Cc1noc(C)c1CN1CCCN(Cc2c(C)noc2C)CC1. The van der Waals surface area contributed by atoms with Crippen molar-refractivity contribution < 1.29 is 9.05 Å². The van der Waals surface area contributed by atoms with Gasteiger partial charge in [0.25, 0.3) is 0 Å². The van der Waals surface area contributed by atoms with Gasteiger partial charge in [0.15, 0.2) is 0 Å². The Kier molecular flexibility index (Phi) is 4.82. The van der Waals surface area contributed by atoms with E-state index in [1.807, 2.05) is 27.7 Å².